The molecule has 0 aliphatic rings. The molecule has 1 aromatic heterocycles. The number of phenolic OH excluding ortho intramolecular Hbond substituents is 1. The van der Waals surface area contributed by atoms with Crippen molar-refractivity contribution in [1.29, 1.82) is 0 Å². The van der Waals surface area contributed by atoms with E-state index in [4.69, 9.17) is 15.2 Å². The Morgan fingerprint density at radius 2 is 1.94 bits per heavy atom. The number of aromatic hydroxyl groups is 1. The largest absolute Gasteiger partial charge is 0.618 e. The molecule has 0 bridgehead atoms. The summed E-state index contributed by atoms with van der Waals surface area (Å²) in [6, 6.07) is 3.16. The molecule has 17 heavy (non-hydrogen) atoms. The first-order chi connectivity index (χ1) is 8.11. The topological polar surface area (TPSA) is 91.6 Å². The fourth-order valence-corrected chi connectivity index (χ4v) is 1.79. The van der Waals surface area contributed by atoms with E-state index >= 15 is 0 Å². The van der Waals surface area contributed by atoms with E-state index in [-0.39, 0.29) is 28.5 Å². The standard InChI is InChI=1S/C11H12N2O4/c1-16-10-7(12)6-4-3-5-13(15)8(6)9(14)11(10)17-2/h3-5,14H,12H2,1-2H3. The van der Waals surface area contributed by atoms with Crippen LogP contribution in [0.5, 0.6) is 17.2 Å². The molecule has 6 nitrogen and oxygen atoms in total. The van der Waals surface area contributed by atoms with Gasteiger partial charge in [0.05, 0.1) is 25.3 Å². The highest BCUT2D eigenvalue weighted by atomic mass is 16.5. The van der Waals surface area contributed by atoms with Crippen molar-refractivity contribution in [3.63, 3.8) is 0 Å². The molecule has 0 atom stereocenters. The molecular weight excluding hydrogens is 224 g/mol. The summed E-state index contributed by atoms with van der Waals surface area (Å²) in [5, 5.41) is 22.0. The number of anilines is 1. The van der Waals surface area contributed by atoms with Gasteiger partial charge in [-0.15, -0.1) is 0 Å². The van der Waals surface area contributed by atoms with Crippen LogP contribution in [-0.2, 0) is 0 Å². The van der Waals surface area contributed by atoms with E-state index in [0.29, 0.717) is 10.1 Å². The first-order valence-corrected chi connectivity index (χ1v) is 4.86. The number of rotatable bonds is 2. The van der Waals surface area contributed by atoms with Crippen LogP contribution in [0.4, 0.5) is 5.69 Å². The van der Waals surface area contributed by atoms with Crippen LogP contribution < -0.4 is 19.9 Å². The molecule has 0 spiro atoms. The van der Waals surface area contributed by atoms with Gasteiger partial charge in [0.1, 0.15) is 0 Å². The third kappa shape index (κ3) is 1.45. The van der Waals surface area contributed by atoms with Crippen LogP contribution in [-0.4, -0.2) is 19.3 Å². The summed E-state index contributed by atoms with van der Waals surface area (Å²) in [5.41, 5.74) is 6.19. The number of nitrogens with zero attached hydrogens (tertiary/aromatic N) is 1. The van der Waals surface area contributed by atoms with Gasteiger partial charge >= 0.3 is 0 Å². The van der Waals surface area contributed by atoms with Gasteiger partial charge < -0.3 is 25.5 Å². The average molecular weight is 236 g/mol. The van der Waals surface area contributed by atoms with Crippen molar-refractivity contribution in [1.82, 2.24) is 0 Å². The molecule has 0 radical (unpaired) electrons. The summed E-state index contributed by atoms with van der Waals surface area (Å²) in [4.78, 5) is 0. The fourth-order valence-electron chi connectivity index (χ4n) is 1.79. The predicted molar refractivity (Wildman–Crippen MR) is 62.1 cm³/mol. The minimum Gasteiger partial charge on any atom is -0.618 e. The van der Waals surface area contributed by atoms with Crippen molar-refractivity contribution in [3.8, 4) is 17.2 Å². The van der Waals surface area contributed by atoms with Gasteiger partial charge in [0.25, 0.3) is 5.52 Å². The predicted octanol–water partition coefficient (Wildman–Crippen LogP) is 0.778. The molecule has 0 amide bonds. The Morgan fingerprint density at radius 1 is 1.29 bits per heavy atom. The van der Waals surface area contributed by atoms with E-state index in [1.807, 2.05) is 0 Å². The van der Waals surface area contributed by atoms with Gasteiger partial charge in [-0.05, 0) is 6.07 Å². The lowest BCUT2D eigenvalue weighted by Crippen LogP contribution is -2.26. The quantitative estimate of drug-likeness (QED) is 0.348. The Labute approximate surface area is 97.4 Å². The van der Waals surface area contributed by atoms with Gasteiger partial charge in [-0.1, -0.05) is 0 Å². The number of hydrogen-bond acceptors (Lipinski definition) is 5. The molecule has 1 heterocycles. The van der Waals surface area contributed by atoms with Crippen LogP contribution in [0.15, 0.2) is 18.3 Å². The number of methoxy groups -OCH3 is 2. The van der Waals surface area contributed by atoms with Gasteiger partial charge in [-0.25, -0.2) is 0 Å². The molecule has 0 aliphatic heterocycles. The van der Waals surface area contributed by atoms with Crippen LogP contribution in [0.25, 0.3) is 10.9 Å². The summed E-state index contributed by atoms with van der Waals surface area (Å²) in [6.45, 7) is 0. The second kappa shape index (κ2) is 3.89. The molecular formula is C11H12N2O4. The number of benzene rings is 1. The maximum atomic E-state index is 11.6. The number of nitrogen functional groups attached to an aromatic ring is 1. The minimum atomic E-state index is -0.288. The van der Waals surface area contributed by atoms with Gasteiger partial charge in [0.2, 0.25) is 11.5 Å². The zero-order valence-corrected chi connectivity index (χ0v) is 9.43. The van der Waals surface area contributed by atoms with Crippen LogP contribution in [0.3, 0.4) is 0 Å². The van der Waals surface area contributed by atoms with Crippen LogP contribution in [0, 0.1) is 5.21 Å². The van der Waals surface area contributed by atoms with Crippen molar-refractivity contribution in [2.24, 2.45) is 0 Å². The van der Waals surface area contributed by atoms with Crippen molar-refractivity contribution in [3.05, 3.63) is 23.5 Å². The van der Waals surface area contributed by atoms with E-state index in [9.17, 15) is 10.3 Å². The highest BCUT2D eigenvalue weighted by Crippen LogP contribution is 2.46. The second-order valence-corrected chi connectivity index (χ2v) is 3.43. The Hall–Kier alpha value is -2.37. The van der Waals surface area contributed by atoms with Crippen molar-refractivity contribution in [2.75, 3.05) is 20.0 Å². The number of phenols is 1. The van der Waals surface area contributed by atoms with Crippen LogP contribution in [0.1, 0.15) is 0 Å². The highest BCUT2D eigenvalue weighted by Gasteiger charge is 2.24. The molecule has 0 saturated carbocycles. The lowest BCUT2D eigenvalue weighted by atomic mass is 10.1. The molecule has 3 N–H and O–H groups in total. The molecule has 0 unspecified atom stereocenters. The van der Waals surface area contributed by atoms with Gasteiger partial charge in [-0.2, -0.15) is 4.73 Å². The van der Waals surface area contributed by atoms with E-state index in [0.717, 1.165) is 0 Å². The van der Waals surface area contributed by atoms with Gasteiger partial charge in [0.15, 0.2) is 11.9 Å². The first-order valence-electron chi connectivity index (χ1n) is 4.86. The van der Waals surface area contributed by atoms with Gasteiger partial charge in [-0.3, -0.25) is 0 Å². The average Bonchev–Trinajstić information content (AvgIpc) is 2.33. The molecule has 0 aliphatic carbocycles. The number of fused-ring (bicyclic) bond motifs is 1. The molecule has 6 heteroatoms. The molecule has 2 aromatic rings. The Kier molecular flexibility index (Phi) is 2.55. The maximum absolute atomic E-state index is 11.6. The minimum absolute atomic E-state index is 0.0494. The lowest BCUT2D eigenvalue weighted by Gasteiger charge is -2.14. The summed E-state index contributed by atoms with van der Waals surface area (Å²) >= 11 is 0. The van der Waals surface area contributed by atoms with Crippen molar-refractivity contribution >= 4 is 16.6 Å². The number of hydrogen-bond donors (Lipinski definition) is 2. The number of ether oxygens (including phenoxy) is 2. The molecule has 0 saturated heterocycles. The van der Waals surface area contributed by atoms with Crippen LogP contribution in [0.2, 0.25) is 0 Å². The maximum Gasteiger partial charge on any atom is 0.272 e. The molecule has 1 aromatic carbocycles. The monoisotopic (exact) mass is 236 g/mol. The Morgan fingerprint density at radius 3 is 2.53 bits per heavy atom. The van der Waals surface area contributed by atoms with E-state index < -0.39 is 0 Å². The summed E-state index contributed by atoms with van der Waals surface area (Å²) in [7, 11) is 2.77. The SMILES string of the molecule is COc1c(OC)c(O)c2c(ccc[n+]2[O-])c1N. The summed E-state index contributed by atoms with van der Waals surface area (Å²) in [6.07, 6.45) is 1.27. The Bertz CT molecular complexity index is 583. The van der Waals surface area contributed by atoms with Crippen LogP contribution >= 0.6 is 0 Å². The third-order valence-electron chi connectivity index (χ3n) is 2.55. The lowest BCUT2D eigenvalue weighted by molar-refractivity contribution is -0.577. The first kappa shape index (κ1) is 11.1. The number of aromatic nitrogens is 1. The van der Waals surface area contributed by atoms with E-state index in [1.54, 1.807) is 6.07 Å². The zero-order valence-electron chi connectivity index (χ0n) is 9.43. The Balaban J connectivity index is 2.99. The van der Waals surface area contributed by atoms with Gasteiger partial charge in [0, 0.05) is 6.07 Å². The second-order valence-electron chi connectivity index (χ2n) is 3.43. The summed E-state index contributed by atoms with van der Waals surface area (Å²) < 4.78 is 10.6. The highest BCUT2D eigenvalue weighted by molar-refractivity contribution is 5.98. The molecule has 2 rings (SSSR count). The van der Waals surface area contributed by atoms with Crippen molar-refractivity contribution in [2.45, 2.75) is 0 Å². The smallest absolute Gasteiger partial charge is 0.272 e. The number of nitrogens with two attached hydrogens (primary N) is 1. The summed E-state index contributed by atoms with van der Waals surface area (Å²) in [5.74, 6) is -0.0267. The van der Waals surface area contributed by atoms with Crippen molar-refractivity contribution < 1.29 is 19.3 Å². The number of pyridine rings is 1. The van der Waals surface area contributed by atoms with E-state index in [1.165, 1.54) is 26.5 Å². The van der Waals surface area contributed by atoms with E-state index in [2.05, 4.69) is 0 Å². The normalized spacial score (nSPS) is 10.5. The molecule has 0 fully saturated rings. The fraction of sp³-hybridized carbons (Fsp3) is 0.182. The molecule has 90 valence electrons. The zero-order chi connectivity index (χ0) is 12.6. The third-order valence-corrected chi connectivity index (χ3v) is 2.55.